The number of rotatable bonds is 12. The van der Waals surface area contributed by atoms with Gasteiger partial charge in [0.1, 0.15) is 0 Å². The summed E-state index contributed by atoms with van der Waals surface area (Å²) in [5.74, 6) is 0.642. The lowest BCUT2D eigenvalue weighted by atomic mass is 9.98. The first-order valence-electron chi connectivity index (χ1n) is 14.8. The topological polar surface area (TPSA) is 111 Å². The maximum Gasteiger partial charge on any atom is 0.231 e. The number of aromatic nitrogens is 4. The maximum absolute atomic E-state index is 13.1. The summed E-state index contributed by atoms with van der Waals surface area (Å²) in [4.78, 5) is 19.8. The number of piperazine rings is 1. The van der Waals surface area contributed by atoms with E-state index in [9.17, 15) is 4.79 Å². The van der Waals surface area contributed by atoms with E-state index in [-0.39, 0.29) is 12.5 Å². The first kappa shape index (κ1) is 29.4. The van der Waals surface area contributed by atoms with Gasteiger partial charge in [-0.3, -0.25) is 9.69 Å². The standard InChI is InChI=1S/C32H36ClN7O3/c33-29-21-30-26(19-25(29)9-10-38-11-13-39(14-12-38)15-17-43-18-16-41)20-31(42)40(30)22-23-5-7-24(8-6-23)27-3-1-2-4-28(27)32-34-36-37-35-32/h1-8,19,21,41H,9-18,20,22H2,(H,34,35,36,37). The van der Waals surface area contributed by atoms with Crippen LogP contribution in [0.15, 0.2) is 60.7 Å². The number of benzene rings is 3. The monoisotopic (exact) mass is 601 g/mol. The summed E-state index contributed by atoms with van der Waals surface area (Å²) in [6, 6.07) is 20.3. The van der Waals surface area contributed by atoms with E-state index in [0.29, 0.717) is 37.0 Å². The number of nitrogens with zero attached hydrogens (tertiary/aromatic N) is 6. The third-order valence-corrected chi connectivity index (χ3v) is 8.60. The van der Waals surface area contributed by atoms with Crippen molar-refractivity contribution in [3.63, 3.8) is 0 Å². The number of aliphatic hydroxyl groups excluding tert-OH is 1. The second kappa shape index (κ2) is 13.7. The minimum absolute atomic E-state index is 0.0694. The Kier molecular flexibility index (Phi) is 9.40. The van der Waals surface area contributed by atoms with Gasteiger partial charge in [-0.15, -0.1) is 10.2 Å². The van der Waals surface area contributed by atoms with Gasteiger partial charge in [-0.2, -0.15) is 5.21 Å². The summed E-state index contributed by atoms with van der Waals surface area (Å²) in [6.45, 7) is 7.49. The van der Waals surface area contributed by atoms with Crippen molar-refractivity contribution in [2.75, 3.05) is 64.0 Å². The number of H-pyrrole nitrogens is 1. The van der Waals surface area contributed by atoms with Crippen molar-refractivity contribution >= 4 is 23.2 Å². The fraction of sp³-hybridized carbons (Fsp3) is 0.375. The molecule has 6 rings (SSSR count). The average molecular weight is 602 g/mol. The van der Waals surface area contributed by atoms with E-state index in [4.69, 9.17) is 21.4 Å². The number of anilines is 1. The number of aromatic amines is 1. The molecule has 1 amide bonds. The summed E-state index contributed by atoms with van der Waals surface area (Å²) in [6.07, 6.45) is 1.25. The van der Waals surface area contributed by atoms with Gasteiger partial charge in [0.15, 0.2) is 0 Å². The number of carbonyl (C=O) groups is 1. The molecule has 0 unspecified atom stereocenters. The van der Waals surface area contributed by atoms with Crippen molar-refractivity contribution in [3.05, 3.63) is 82.4 Å². The quantitative estimate of drug-likeness (QED) is 0.238. The van der Waals surface area contributed by atoms with Gasteiger partial charge in [0.2, 0.25) is 11.7 Å². The highest BCUT2D eigenvalue weighted by molar-refractivity contribution is 6.32. The normalized spacial score (nSPS) is 15.8. The molecule has 1 fully saturated rings. The van der Waals surface area contributed by atoms with Gasteiger partial charge in [-0.05, 0) is 45.5 Å². The molecule has 0 bridgehead atoms. The van der Waals surface area contributed by atoms with Crippen molar-refractivity contribution in [1.82, 2.24) is 30.4 Å². The molecule has 0 saturated carbocycles. The van der Waals surface area contributed by atoms with Crippen LogP contribution in [0.4, 0.5) is 5.69 Å². The molecule has 0 aliphatic carbocycles. The van der Waals surface area contributed by atoms with Gasteiger partial charge in [0, 0.05) is 55.5 Å². The minimum Gasteiger partial charge on any atom is -0.394 e. The molecule has 3 heterocycles. The van der Waals surface area contributed by atoms with Gasteiger partial charge in [-0.25, -0.2) is 0 Å². The van der Waals surface area contributed by atoms with Crippen molar-refractivity contribution in [1.29, 1.82) is 0 Å². The summed E-state index contributed by atoms with van der Waals surface area (Å²) >= 11 is 6.78. The van der Waals surface area contributed by atoms with E-state index in [1.807, 2.05) is 35.2 Å². The first-order chi connectivity index (χ1) is 21.1. The Hall–Kier alpha value is -3.67. The highest BCUT2D eigenvalue weighted by Gasteiger charge is 2.29. The smallest absolute Gasteiger partial charge is 0.231 e. The summed E-state index contributed by atoms with van der Waals surface area (Å²) in [7, 11) is 0. The molecular weight excluding hydrogens is 566 g/mol. The number of fused-ring (bicyclic) bond motifs is 1. The number of nitrogens with one attached hydrogen (secondary N) is 1. The van der Waals surface area contributed by atoms with Crippen LogP contribution in [0.25, 0.3) is 22.5 Å². The van der Waals surface area contributed by atoms with Gasteiger partial charge in [-0.1, -0.05) is 66.2 Å². The van der Waals surface area contributed by atoms with Crippen LogP contribution in [0.2, 0.25) is 5.02 Å². The van der Waals surface area contributed by atoms with Gasteiger partial charge >= 0.3 is 0 Å². The van der Waals surface area contributed by atoms with E-state index in [0.717, 1.165) is 84.8 Å². The lowest BCUT2D eigenvalue weighted by Crippen LogP contribution is -2.47. The van der Waals surface area contributed by atoms with Crippen LogP contribution in [0.5, 0.6) is 0 Å². The summed E-state index contributed by atoms with van der Waals surface area (Å²) in [5, 5.41) is 24.0. The van der Waals surface area contributed by atoms with Crippen LogP contribution in [0.3, 0.4) is 0 Å². The number of halogens is 1. The van der Waals surface area contributed by atoms with E-state index < -0.39 is 0 Å². The van der Waals surface area contributed by atoms with Gasteiger partial charge in [0.25, 0.3) is 0 Å². The molecule has 11 heteroatoms. The fourth-order valence-corrected chi connectivity index (χ4v) is 6.11. The zero-order valence-corrected chi connectivity index (χ0v) is 24.8. The van der Waals surface area contributed by atoms with Crippen LogP contribution in [0.1, 0.15) is 16.7 Å². The summed E-state index contributed by atoms with van der Waals surface area (Å²) < 4.78 is 5.40. The SMILES string of the molecule is O=C1Cc2cc(CCN3CCN(CCOCCO)CC3)c(Cl)cc2N1Cc1ccc(-c2ccccc2-c2nn[nH]n2)cc1. The maximum atomic E-state index is 13.1. The Morgan fingerprint density at radius 2 is 1.67 bits per heavy atom. The zero-order chi connectivity index (χ0) is 29.6. The first-order valence-corrected chi connectivity index (χ1v) is 15.1. The number of aliphatic hydroxyl groups is 1. The average Bonchev–Trinajstić information content (AvgIpc) is 3.67. The lowest BCUT2D eigenvalue weighted by molar-refractivity contribution is -0.117. The Balaban J connectivity index is 1.07. The van der Waals surface area contributed by atoms with E-state index >= 15 is 0 Å². The lowest BCUT2D eigenvalue weighted by Gasteiger charge is -2.34. The largest absolute Gasteiger partial charge is 0.394 e. The Labute approximate surface area is 256 Å². The Morgan fingerprint density at radius 1 is 0.930 bits per heavy atom. The number of hydrogen-bond donors (Lipinski definition) is 2. The molecule has 1 saturated heterocycles. The molecule has 0 atom stereocenters. The minimum atomic E-state index is 0.0694. The van der Waals surface area contributed by atoms with Crippen molar-refractivity contribution in [3.8, 4) is 22.5 Å². The van der Waals surface area contributed by atoms with E-state index in [1.54, 1.807) is 0 Å². The molecule has 3 aromatic carbocycles. The number of carbonyl (C=O) groups excluding carboxylic acids is 1. The molecule has 2 aliphatic heterocycles. The van der Waals surface area contributed by atoms with Crippen molar-refractivity contribution in [2.45, 2.75) is 19.4 Å². The third kappa shape index (κ3) is 6.95. The van der Waals surface area contributed by atoms with E-state index in [1.165, 1.54) is 0 Å². The van der Waals surface area contributed by atoms with E-state index in [2.05, 4.69) is 60.8 Å². The third-order valence-electron chi connectivity index (χ3n) is 8.25. The van der Waals surface area contributed by atoms with Crippen LogP contribution in [0, 0.1) is 0 Å². The predicted molar refractivity (Wildman–Crippen MR) is 166 cm³/mol. The van der Waals surface area contributed by atoms with Crippen LogP contribution >= 0.6 is 11.6 Å². The molecule has 43 heavy (non-hydrogen) atoms. The van der Waals surface area contributed by atoms with Gasteiger partial charge in [0.05, 0.1) is 32.8 Å². The number of tetrazole rings is 1. The second-order valence-corrected chi connectivity index (χ2v) is 11.4. The molecule has 10 nitrogen and oxygen atoms in total. The van der Waals surface area contributed by atoms with Crippen LogP contribution in [-0.2, 0) is 28.9 Å². The Morgan fingerprint density at radius 3 is 2.40 bits per heavy atom. The number of ether oxygens (including phenoxy) is 1. The van der Waals surface area contributed by atoms with Crippen LogP contribution in [-0.4, -0.2) is 101 Å². The molecule has 0 radical (unpaired) electrons. The highest BCUT2D eigenvalue weighted by Crippen LogP contribution is 2.36. The zero-order valence-electron chi connectivity index (χ0n) is 24.1. The summed E-state index contributed by atoms with van der Waals surface area (Å²) in [5.41, 5.74) is 7.05. The molecule has 224 valence electrons. The predicted octanol–water partition coefficient (Wildman–Crippen LogP) is 3.45. The fourth-order valence-electron chi connectivity index (χ4n) is 5.86. The molecule has 1 aromatic heterocycles. The molecule has 0 spiro atoms. The molecule has 2 aliphatic rings. The van der Waals surface area contributed by atoms with Crippen molar-refractivity contribution < 1.29 is 14.6 Å². The second-order valence-electron chi connectivity index (χ2n) is 11.0. The van der Waals surface area contributed by atoms with Gasteiger partial charge < -0.3 is 19.6 Å². The molecule has 4 aromatic rings. The van der Waals surface area contributed by atoms with Crippen LogP contribution < -0.4 is 4.90 Å². The molecule has 2 N–H and O–H groups in total. The molecular formula is C32H36ClN7O3. The number of hydrogen-bond acceptors (Lipinski definition) is 8. The Bertz CT molecular complexity index is 1520. The number of amides is 1. The highest BCUT2D eigenvalue weighted by atomic mass is 35.5. The van der Waals surface area contributed by atoms with Crippen molar-refractivity contribution in [2.24, 2.45) is 0 Å².